The SMILES string of the molecule is COCC(C)(C)NCC(=O)Nc1ccccc1Br. The molecule has 0 atom stereocenters. The Bertz CT molecular complexity index is 408. The number of nitrogens with one attached hydrogen (secondary N) is 2. The molecule has 1 aromatic rings. The van der Waals surface area contributed by atoms with E-state index in [1.807, 2.05) is 38.1 Å². The maximum absolute atomic E-state index is 11.8. The third kappa shape index (κ3) is 5.16. The number of para-hydroxylation sites is 1. The Labute approximate surface area is 116 Å². The van der Waals surface area contributed by atoms with Crippen molar-refractivity contribution in [3.8, 4) is 0 Å². The minimum Gasteiger partial charge on any atom is -0.383 e. The van der Waals surface area contributed by atoms with Gasteiger partial charge in [-0.2, -0.15) is 0 Å². The lowest BCUT2D eigenvalue weighted by molar-refractivity contribution is -0.115. The Balaban J connectivity index is 2.46. The average molecular weight is 315 g/mol. The molecule has 0 aliphatic heterocycles. The zero-order valence-electron chi connectivity index (χ0n) is 10.9. The topological polar surface area (TPSA) is 50.4 Å². The van der Waals surface area contributed by atoms with E-state index in [0.29, 0.717) is 6.61 Å². The molecule has 0 saturated carbocycles. The first kappa shape index (κ1) is 15.1. The van der Waals surface area contributed by atoms with Crippen molar-refractivity contribution >= 4 is 27.5 Å². The number of anilines is 1. The summed E-state index contributed by atoms with van der Waals surface area (Å²) in [5.41, 5.74) is 0.550. The monoisotopic (exact) mass is 314 g/mol. The van der Waals surface area contributed by atoms with E-state index in [1.54, 1.807) is 7.11 Å². The highest BCUT2D eigenvalue weighted by Crippen LogP contribution is 2.20. The number of carbonyl (C=O) groups excluding carboxylic acids is 1. The second-order valence-corrected chi connectivity index (χ2v) is 5.55. The van der Waals surface area contributed by atoms with Crippen LogP contribution in [0.1, 0.15) is 13.8 Å². The highest BCUT2D eigenvalue weighted by molar-refractivity contribution is 9.10. The Morgan fingerprint density at radius 1 is 1.39 bits per heavy atom. The molecule has 0 fully saturated rings. The molecule has 0 unspecified atom stereocenters. The van der Waals surface area contributed by atoms with Gasteiger partial charge < -0.3 is 15.4 Å². The summed E-state index contributed by atoms with van der Waals surface area (Å²) in [4.78, 5) is 11.8. The van der Waals surface area contributed by atoms with Crippen LogP contribution in [0.15, 0.2) is 28.7 Å². The predicted molar refractivity (Wildman–Crippen MR) is 76.7 cm³/mol. The fourth-order valence-electron chi connectivity index (χ4n) is 1.49. The van der Waals surface area contributed by atoms with Gasteiger partial charge >= 0.3 is 0 Å². The number of hydrogen-bond acceptors (Lipinski definition) is 3. The third-order valence-electron chi connectivity index (χ3n) is 2.38. The zero-order chi connectivity index (χ0) is 13.6. The van der Waals surface area contributed by atoms with Crippen LogP contribution in [-0.4, -0.2) is 31.7 Å². The van der Waals surface area contributed by atoms with Crippen molar-refractivity contribution in [3.63, 3.8) is 0 Å². The van der Waals surface area contributed by atoms with Gasteiger partial charge in [0.1, 0.15) is 0 Å². The number of carbonyl (C=O) groups is 1. The molecule has 0 heterocycles. The van der Waals surface area contributed by atoms with Crippen molar-refractivity contribution in [2.45, 2.75) is 19.4 Å². The Morgan fingerprint density at radius 2 is 2.06 bits per heavy atom. The molecule has 0 radical (unpaired) electrons. The van der Waals surface area contributed by atoms with Gasteiger partial charge in [0.05, 0.1) is 18.8 Å². The van der Waals surface area contributed by atoms with Crippen LogP contribution in [0, 0.1) is 0 Å². The van der Waals surface area contributed by atoms with Crippen LogP contribution in [0.4, 0.5) is 5.69 Å². The second kappa shape index (κ2) is 6.87. The lowest BCUT2D eigenvalue weighted by Gasteiger charge is -2.25. The molecule has 5 heteroatoms. The quantitative estimate of drug-likeness (QED) is 0.847. The van der Waals surface area contributed by atoms with Gasteiger partial charge in [-0.1, -0.05) is 12.1 Å². The summed E-state index contributed by atoms with van der Waals surface area (Å²) < 4.78 is 5.94. The number of ether oxygens (including phenoxy) is 1. The van der Waals surface area contributed by atoms with E-state index in [1.165, 1.54) is 0 Å². The van der Waals surface area contributed by atoms with Crippen molar-refractivity contribution in [2.75, 3.05) is 25.6 Å². The van der Waals surface area contributed by atoms with Gasteiger partial charge in [-0.3, -0.25) is 4.79 Å². The Hall–Kier alpha value is -0.910. The van der Waals surface area contributed by atoms with Crippen molar-refractivity contribution in [3.05, 3.63) is 28.7 Å². The van der Waals surface area contributed by atoms with Gasteiger partial charge in [0.2, 0.25) is 5.91 Å². The third-order valence-corrected chi connectivity index (χ3v) is 3.07. The van der Waals surface area contributed by atoms with E-state index in [4.69, 9.17) is 4.74 Å². The van der Waals surface area contributed by atoms with Crippen LogP contribution in [0.3, 0.4) is 0 Å². The van der Waals surface area contributed by atoms with Crippen molar-refractivity contribution in [2.24, 2.45) is 0 Å². The first-order chi connectivity index (χ1) is 8.44. The number of benzene rings is 1. The van der Waals surface area contributed by atoms with Crippen molar-refractivity contribution in [1.82, 2.24) is 5.32 Å². The molecule has 1 amide bonds. The number of amides is 1. The first-order valence-corrected chi connectivity index (χ1v) is 6.52. The molecular formula is C13H19BrN2O2. The number of halogens is 1. The molecule has 1 aromatic carbocycles. The van der Waals surface area contributed by atoms with E-state index in [9.17, 15) is 4.79 Å². The van der Waals surface area contributed by atoms with Gasteiger partial charge in [-0.25, -0.2) is 0 Å². The smallest absolute Gasteiger partial charge is 0.238 e. The van der Waals surface area contributed by atoms with Crippen LogP contribution in [0.5, 0.6) is 0 Å². The Kier molecular flexibility index (Phi) is 5.78. The summed E-state index contributed by atoms with van der Waals surface area (Å²) in [5, 5.41) is 5.98. The normalized spacial score (nSPS) is 11.3. The predicted octanol–water partition coefficient (Wildman–Crippen LogP) is 2.40. The van der Waals surface area contributed by atoms with Crippen LogP contribution < -0.4 is 10.6 Å². The largest absolute Gasteiger partial charge is 0.383 e. The molecule has 100 valence electrons. The average Bonchev–Trinajstić information content (AvgIpc) is 2.30. The lowest BCUT2D eigenvalue weighted by atomic mass is 10.1. The maximum Gasteiger partial charge on any atom is 0.238 e. The highest BCUT2D eigenvalue weighted by Gasteiger charge is 2.18. The van der Waals surface area contributed by atoms with Gasteiger partial charge in [-0.15, -0.1) is 0 Å². The fourth-order valence-corrected chi connectivity index (χ4v) is 1.87. The molecule has 0 saturated heterocycles. The van der Waals surface area contributed by atoms with Gasteiger partial charge in [0, 0.05) is 17.1 Å². The second-order valence-electron chi connectivity index (χ2n) is 4.70. The molecular weight excluding hydrogens is 296 g/mol. The molecule has 4 nitrogen and oxygen atoms in total. The summed E-state index contributed by atoms with van der Waals surface area (Å²) in [6.45, 7) is 4.78. The molecule has 0 aliphatic carbocycles. The molecule has 2 N–H and O–H groups in total. The van der Waals surface area contributed by atoms with Crippen molar-refractivity contribution < 1.29 is 9.53 Å². The Morgan fingerprint density at radius 3 is 2.67 bits per heavy atom. The summed E-state index contributed by atoms with van der Waals surface area (Å²) in [7, 11) is 1.64. The summed E-state index contributed by atoms with van der Waals surface area (Å²) in [5.74, 6) is -0.0777. The molecule has 18 heavy (non-hydrogen) atoms. The number of hydrogen-bond donors (Lipinski definition) is 2. The molecule has 0 bridgehead atoms. The number of rotatable bonds is 6. The standard InChI is InChI=1S/C13H19BrN2O2/c1-13(2,9-18-3)15-8-12(17)16-11-7-5-4-6-10(11)14/h4-7,15H,8-9H2,1-3H3,(H,16,17). The van der Waals surface area contributed by atoms with E-state index in [2.05, 4.69) is 26.6 Å². The van der Waals surface area contributed by atoms with Gasteiger partial charge in [-0.05, 0) is 41.9 Å². The number of methoxy groups -OCH3 is 1. The van der Waals surface area contributed by atoms with E-state index < -0.39 is 0 Å². The molecule has 1 rings (SSSR count). The minimum atomic E-state index is -0.222. The van der Waals surface area contributed by atoms with E-state index >= 15 is 0 Å². The summed E-state index contributed by atoms with van der Waals surface area (Å²) in [6.07, 6.45) is 0. The molecule has 0 aliphatic rings. The van der Waals surface area contributed by atoms with Crippen LogP contribution in [0.25, 0.3) is 0 Å². The van der Waals surface area contributed by atoms with Crippen LogP contribution in [-0.2, 0) is 9.53 Å². The molecule has 0 spiro atoms. The minimum absolute atomic E-state index is 0.0777. The summed E-state index contributed by atoms with van der Waals surface area (Å²) >= 11 is 3.39. The zero-order valence-corrected chi connectivity index (χ0v) is 12.5. The van der Waals surface area contributed by atoms with Gasteiger partial charge in [0.15, 0.2) is 0 Å². The van der Waals surface area contributed by atoms with Crippen LogP contribution >= 0.6 is 15.9 Å². The van der Waals surface area contributed by atoms with Gasteiger partial charge in [0.25, 0.3) is 0 Å². The van der Waals surface area contributed by atoms with Crippen molar-refractivity contribution in [1.29, 1.82) is 0 Å². The molecule has 0 aromatic heterocycles. The summed E-state index contributed by atoms with van der Waals surface area (Å²) in [6, 6.07) is 7.52. The van der Waals surface area contributed by atoms with E-state index in [-0.39, 0.29) is 18.0 Å². The lowest BCUT2D eigenvalue weighted by Crippen LogP contribution is -2.46. The highest BCUT2D eigenvalue weighted by atomic mass is 79.9. The van der Waals surface area contributed by atoms with Crippen LogP contribution in [0.2, 0.25) is 0 Å². The first-order valence-electron chi connectivity index (χ1n) is 5.73. The fraction of sp³-hybridized carbons (Fsp3) is 0.462. The maximum atomic E-state index is 11.8. The van der Waals surface area contributed by atoms with E-state index in [0.717, 1.165) is 10.2 Å².